The molecule has 0 bridgehead atoms. The number of hydrogen-bond acceptors (Lipinski definition) is 3. The number of nitrogens with zero attached hydrogens (tertiary/aromatic N) is 1. The molecule has 0 aliphatic heterocycles. The molecule has 0 aliphatic carbocycles. The summed E-state index contributed by atoms with van der Waals surface area (Å²) < 4.78 is 0.703. The van der Waals surface area contributed by atoms with Gasteiger partial charge < -0.3 is 10.8 Å². The highest BCUT2D eigenvalue weighted by atomic mass is 79.9. The molecule has 0 fully saturated rings. The molecule has 1 heterocycles. The molecule has 0 spiro atoms. The second kappa shape index (κ2) is 3.85. The van der Waals surface area contributed by atoms with E-state index >= 15 is 0 Å². The van der Waals surface area contributed by atoms with Crippen LogP contribution in [0, 0.1) is 6.92 Å². The first-order valence-electron chi connectivity index (χ1n) is 3.63. The van der Waals surface area contributed by atoms with E-state index in [1.54, 1.807) is 6.07 Å². The Bertz CT molecular complexity index is 341. The number of hydrogen-bond donors (Lipinski definition) is 2. The maximum atomic E-state index is 10.5. The van der Waals surface area contributed by atoms with E-state index in [2.05, 4.69) is 20.9 Å². The Kier molecular flexibility index (Phi) is 3.00. The van der Waals surface area contributed by atoms with E-state index in [1.165, 1.54) is 6.20 Å². The van der Waals surface area contributed by atoms with E-state index in [1.807, 2.05) is 6.92 Å². The van der Waals surface area contributed by atoms with Crippen LogP contribution >= 0.6 is 15.9 Å². The van der Waals surface area contributed by atoms with E-state index in [4.69, 9.17) is 10.8 Å². The number of halogens is 1. The van der Waals surface area contributed by atoms with Crippen molar-refractivity contribution in [2.24, 2.45) is 5.73 Å². The van der Waals surface area contributed by atoms with Gasteiger partial charge in [0.1, 0.15) is 10.6 Å². The van der Waals surface area contributed by atoms with E-state index in [9.17, 15) is 4.79 Å². The summed E-state index contributed by atoms with van der Waals surface area (Å²) in [5.74, 6) is -1.05. The number of carboxylic acids is 1. The zero-order valence-corrected chi connectivity index (χ0v) is 8.58. The van der Waals surface area contributed by atoms with Crippen molar-refractivity contribution in [1.82, 2.24) is 4.98 Å². The van der Waals surface area contributed by atoms with Crippen LogP contribution in [0.1, 0.15) is 17.2 Å². The smallest absolute Gasteiger partial charge is 0.325 e. The number of aliphatic carboxylic acids is 1. The van der Waals surface area contributed by atoms with Crippen LogP contribution in [0.3, 0.4) is 0 Å². The first kappa shape index (κ1) is 10.1. The minimum atomic E-state index is -1.05. The molecule has 1 aromatic heterocycles. The van der Waals surface area contributed by atoms with Gasteiger partial charge in [0, 0.05) is 6.20 Å². The molecule has 0 radical (unpaired) electrons. The Balaban J connectivity index is 3.03. The quantitative estimate of drug-likeness (QED) is 0.768. The molecule has 0 amide bonds. The third kappa shape index (κ3) is 2.26. The third-order valence-corrected chi connectivity index (χ3v) is 2.49. The first-order chi connectivity index (χ1) is 6.02. The Morgan fingerprint density at radius 1 is 1.77 bits per heavy atom. The van der Waals surface area contributed by atoms with Gasteiger partial charge in [0.2, 0.25) is 0 Å². The van der Waals surface area contributed by atoms with Crippen molar-refractivity contribution >= 4 is 21.9 Å². The largest absolute Gasteiger partial charge is 0.480 e. The van der Waals surface area contributed by atoms with Crippen LogP contribution in [-0.4, -0.2) is 16.1 Å². The first-order valence-corrected chi connectivity index (χ1v) is 4.42. The van der Waals surface area contributed by atoms with Crippen molar-refractivity contribution in [3.05, 3.63) is 28.0 Å². The summed E-state index contributed by atoms with van der Waals surface area (Å²) in [6.45, 7) is 1.83. The van der Waals surface area contributed by atoms with Gasteiger partial charge in [0.25, 0.3) is 0 Å². The molecule has 13 heavy (non-hydrogen) atoms. The maximum Gasteiger partial charge on any atom is 0.325 e. The lowest BCUT2D eigenvalue weighted by molar-refractivity contribution is -0.138. The molecule has 1 rings (SSSR count). The fourth-order valence-corrected chi connectivity index (χ4v) is 1.11. The van der Waals surface area contributed by atoms with Crippen LogP contribution in [0.15, 0.2) is 16.9 Å². The SMILES string of the molecule is Cc1cc(C(N)C(=O)O)cnc1Br. The van der Waals surface area contributed by atoms with Crippen molar-refractivity contribution in [2.75, 3.05) is 0 Å². The summed E-state index contributed by atoms with van der Waals surface area (Å²) in [7, 11) is 0. The Hall–Kier alpha value is -0.940. The lowest BCUT2D eigenvalue weighted by Crippen LogP contribution is -2.20. The summed E-state index contributed by atoms with van der Waals surface area (Å²) in [6, 6.07) is 0.704. The van der Waals surface area contributed by atoms with Crippen molar-refractivity contribution in [3.63, 3.8) is 0 Å². The predicted molar refractivity (Wildman–Crippen MR) is 51.2 cm³/mol. The minimum absolute atomic E-state index is 0.508. The summed E-state index contributed by atoms with van der Waals surface area (Å²) in [5, 5.41) is 8.63. The van der Waals surface area contributed by atoms with Gasteiger partial charge in [-0.25, -0.2) is 4.98 Å². The number of aromatic nitrogens is 1. The Morgan fingerprint density at radius 3 is 2.85 bits per heavy atom. The van der Waals surface area contributed by atoms with E-state index in [-0.39, 0.29) is 0 Å². The number of pyridine rings is 1. The zero-order chi connectivity index (χ0) is 10.0. The average molecular weight is 245 g/mol. The van der Waals surface area contributed by atoms with Crippen LogP contribution in [-0.2, 0) is 4.79 Å². The summed E-state index contributed by atoms with van der Waals surface area (Å²) in [4.78, 5) is 14.5. The van der Waals surface area contributed by atoms with Gasteiger partial charge in [-0.15, -0.1) is 0 Å². The van der Waals surface area contributed by atoms with E-state index in [0.717, 1.165) is 5.56 Å². The molecular formula is C8H9BrN2O2. The molecule has 70 valence electrons. The normalized spacial score (nSPS) is 12.5. The van der Waals surface area contributed by atoms with Crippen molar-refractivity contribution in [2.45, 2.75) is 13.0 Å². The van der Waals surface area contributed by atoms with Crippen molar-refractivity contribution in [1.29, 1.82) is 0 Å². The zero-order valence-electron chi connectivity index (χ0n) is 6.99. The van der Waals surface area contributed by atoms with E-state index in [0.29, 0.717) is 10.2 Å². The van der Waals surface area contributed by atoms with Crippen molar-refractivity contribution < 1.29 is 9.90 Å². The topological polar surface area (TPSA) is 76.2 Å². The maximum absolute atomic E-state index is 10.5. The van der Waals surface area contributed by atoms with Gasteiger partial charge in [-0.1, -0.05) is 0 Å². The highest BCUT2D eigenvalue weighted by Crippen LogP contribution is 2.17. The fourth-order valence-electron chi connectivity index (χ4n) is 0.893. The third-order valence-electron chi connectivity index (χ3n) is 1.66. The van der Waals surface area contributed by atoms with Gasteiger partial charge in [-0.2, -0.15) is 0 Å². The molecule has 3 N–H and O–H groups in total. The summed E-state index contributed by atoms with van der Waals surface area (Å²) in [6.07, 6.45) is 1.45. The van der Waals surface area contributed by atoms with Gasteiger partial charge in [0.15, 0.2) is 0 Å². The average Bonchev–Trinajstić information content (AvgIpc) is 2.08. The minimum Gasteiger partial charge on any atom is -0.480 e. The predicted octanol–water partition coefficient (Wildman–Crippen LogP) is 1.24. The molecule has 5 heteroatoms. The molecule has 0 saturated carbocycles. The Morgan fingerprint density at radius 2 is 2.38 bits per heavy atom. The number of rotatable bonds is 2. The Labute approximate surface area is 83.9 Å². The number of aryl methyl sites for hydroxylation is 1. The second-order valence-corrected chi connectivity index (χ2v) is 3.44. The molecule has 1 aromatic rings. The second-order valence-electron chi connectivity index (χ2n) is 2.69. The number of carbonyl (C=O) groups is 1. The standard InChI is InChI=1S/C8H9BrN2O2/c1-4-2-5(3-11-7(4)9)6(10)8(12)13/h2-3,6H,10H2,1H3,(H,12,13). The van der Waals surface area contributed by atoms with Crippen LogP contribution in [0.5, 0.6) is 0 Å². The molecule has 0 aromatic carbocycles. The van der Waals surface area contributed by atoms with Gasteiger partial charge in [-0.05, 0) is 40.0 Å². The summed E-state index contributed by atoms with van der Waals surface area (Å²) in [5.41, 5.74) is 6.78. The highest BCUT2D eigenvalue weighted by molar-refractivity contribution is 9.10. The monoisotopic (exact) mass is 244 g/mol. The summed E-state index contributed by atoms with van der Waals surface area (Å²) >= 11 is 3.22. The molecular weight excluding hydrogens is 236 g/mol. The van der Waals surface area contributed by atoms with Crippen molar-refractivity contribution in [3.8, 4) is 0 Å². The molecule has 1 unspecified atom stereocenters. The van der Waals surface area contributed by atoms with Gasteiger partial charge >= 0.3 is 5.97 Å². The van der Waals surface area contributed by atoms with Crippen LogP contribution in [0.4, 0.5) is 0 Å². The highest BCUT2D eigenvalue weighted by Gasteiger charge is 2.14. The number of carboxylic acid groups (broad SMARTS) is 1. The van der Waals surface area contributed by atoms with Gasteiger partial charge in [-0.3, -0.25) is 4.79 Å². The lowest BCUT2D eigenvalue weighted by Gasteiger charge is -2.07. The fraction of sp³-hybridized carbons (Fsp3) is 0.250. The number of nitrogens with two attached hydrogens (primary N) is 1. The van der Waals surface area contributed by atoms with Crippen LogP contribution in [0.2, 0.25) is 0 Å². The molecule has 0 aliphatic rings. The molecule has 4 nitrogen and oxygen atoms in total. The van der Waals surface area contributed by atoms with E-state index < -0.39 is 12.0 Å². The molecule has 0 saturated heterocycles. The van der Waals surface area contributed by atoms with Gasteiger partial charge in [0.05, 0.1) is 0 Å². The lowest BCUT2D eigenvalue weighted by atomic mass is 10.1. The van der Waals surface area contributed by atoms with Crippen LogP contribution in [0.25, 0.3) is 0 Å². The molecule has 1 atom stereocenters. The van der Waals surface area contributed by atoms with Crippen LogP contribution < -0.4 is 5.73 Å².